The molecule has 2 aromatic carbocycles. The lowest BCUT2D eigenvalue weighted by Gasteiger charge is -2.19. The van der Waals surface area contributed by atoms with Crippen LogP contribution in [0.1, 0.15) is 25.5 Å². The average molecular weight is 464 g/mol. The Morgan fingerprint density at radius 1 is 1.09 bits per heavy atom. The van der Waals surface area contributed by atoms with Crippen molar-refractivity contribution in [2.75, 3.05) is 17.3 Å². The highest BCUT2D eigenvalue weighted by molar-refractivity contribution is 7.99. The molecule has 2 aromatic heterocycles. The van der Waals surface area contributed by atoms with Crippen molar-refractivity contribution < 1.29 is 9.53 Å². The number of anilines is 1. The number of aromatic nitrogens is 2. The highest BCUT2D eigenvalue weighted by Crippen LogP contribution is 2.32. The molecular weight excluding hydrogens is 438 g/mol. The van der Waals surface area contributed by atoms with Crippen LogP contribution in [0.25, 0.3) is 10.2 Å². The van der Waals surface area contributed by atoms with E-state index in [2.05, 4.69) is 17.1 Å². The van der Waals surface area contributed by atoms with Crippen LogP contribution in [0, 0.1) is 0 Å². The predicted molar refractivity (Wildman–Crippen MR) is 133 cm³/mol. The second-order valence-corrected chi connectivity index (χ2v) is 9.30. The molecule has 5 nitrogen and oxygen atoms in total. The van der Waals surface area contributed by atoms with Gasteiger partial charge in [-0.15, -0.1) is 11.8 Å². The largest absolute Gasteiger partial charge is 0.494 e. The van der Waals surface area contributed by atoms with Crippen molar-refractivity contribution in [1.29, 1.82) is 0 Å². The van der Waals surface area contributed by atoms with E-state index >= 15 is 0 Å². The van der Waals surface area contributed by atoms with Gasteiger partial charge in [0, 0.05) is 17.5 Å². The maximum Gasteiger partial charge on any atom is 0.229 e. The lowest BCUT2D eigenvalue weighted by molar-refractivity contribution is -0.118. The van der Waals surface area contributed by atoms with Gasteiger partial charge in [0.05, 0.1) is 29.1 Å². The Hall–Kier alpha value is -2.90. The van der Waals surface area contributed by atoms with Crippen molar-refractivity contribution in [3.8, 4) is 5.75 Å². The van der Waals surface area contributed by atoms with Crippen molar-refractivity contribution in [2.45, 2.75) is 31.2 Å². The Labute approximate surface area is 196 Å². The molecule has 164 valence electrons. The molecule has 0 fully saturated rings. The van der Waals surface area contributed by atoms with E-state index in [0.717, 1.165) is 33.8 Å². The van der Waals surface area contributed by atoms with Gasteiger partial charge in [-0.1, -0.05) is 35.6 Å². The summed E-state index contributed by atoms with van der Waals surface area (Å²) in [4.78, 5) is 25.4. The molecule has 0 spiro atoms. The fourth-order valence-corrected chi connectivity index (χ4v) is 5.13. The van der Waals surface area contributed by atoms with E-state index in [-0.39, 0.29) is 5.91 Å². The van der Waals surface area contributed by atoms with E-state index in [1.165, 1.54) is 16.2 Å². The summed E-state index contributed by atoms with van der Waals surface area (Å²) in [6, 6.07) is 21.9. The van der Waals surface area contributed by atoms with Crippen LogP contribution in [0.4, 0.5) is 5.13 Å². The van der Waals surface area contributed by atoms with Crippen LogP contribution in [0.3, 0.4) is 0 Å². The number of hydrogen-bond acceptors (Lipinski definition) is 6. The molecule has 0 aliphatic carbocycles. The van der Waals surface area contributed by atoms with Crippen molar-refractivity contribution >= 4 is 44.4 Å². The van der Waals surface area contributed by atoms with Gasteiger partial charge in [-0.3, -0.25) is 14.7 Å². The van der Waals surface area contributed by atoms with Gasteiger partial charge >= 0.3 is 0 Å². The Morgan fingerprint density at radius 2 is 1.94 bits per heavy atom. The minimum atomic E-state index is 0.0633. The monoisotopic (exact) mass is 463 g/mol. The maximum atomic E-state index is 13.2. The second-order valence-electron chi connectivity index (χ2n) is 7.13. The molecule has 0 radical (unpaired) electrons. The van der Waals surface area contributed by atoms with E-state index in [1.54, 1.807) is 22.9 Å². The van der Waals surface area contributed by atoms with Crippen LogP contribution >= 0.6 is 23.1 Å². The summed E-state index contributed by atoms with van der Waals surface area (Å²) in [6.45, 7) is 2.98. The fourth-order valence-electron chi connectivity index (χ4n) is 3.25. The van der Waals surface area contributed by atoms with Crippen LogP contribution in [-0.4, -0.2) is 28.2 Å². The maximum absolute atomic E-state index is 13.2. The van der Waals surface area contributed by atoms with E-state index < -0.39 is 0 Å². The predicted octanol–water partition coefficient (Wildman–Crippen LogP) is 6.20. The van der Waals surface area contributed by atoms with Crippen molar-refractivity contribution in [3.63, 3.8) is 0 Å². The van der Waals surface area contributed by atoms with Crippen LogP contribution in [-0.2, 0) is 11.3 Å². The Morgan fingerprint density at radius 3 is 2.72 bits per heavy atom. The molecule has 0 unspecified atom stereocenters. The number of fused-ring (bicyclic) bond motifs is 1. The minimum absolute atomic E-state index is 0.0633. The Kier molecular flexibility index (Phi) is 7.74. The molecule has 0 aliphatic rings. The molecule has 4 rings (SSSR count). The van der Waals surface area contributed by atoms with Gasteiger partial charge in [-0.25, -0.2) is 4.98 Å². The number of thioether (sulfide) groups is 1. The first-order chi connectivity index (χ1) is 15.7. The molecule has 32 heavy (non-hydrogen) atoms. The first-order valence-electron chi connectivity index (χ1n) is 10.6. The average Bonchev–Trinajstić information content (AvgIpc) is 3.25. The zero-order valence-electron chi connectivity index (χ0n) is 17.9. The molecule has 2 heterocycles. The zero-order valence-corrected chi connectivity index (χ0v) is 19.6. The number of rotatable bonds is 10. The number of pyridine rings is 1. The summed E-state index contributed by atoms with van der Waals surface area (Å²) < 4.78 is 6.62. The van der Waals surface area contributed by atoms with Gasteiger partial charge in [-0.05, 0) is 61.6 Å². The van der Waals surface area contributed by atoms with Crippen LogP contribution in [0.5, 0.6) is 5.75 Å². The standard InChI is InChI=1S/C25H25N3O2S2/c1-2-30-20-13-14-22-23(17-20)32-25(27-22)28(18-19-9-6-7-15-26-19)24(29)12-8-16-31-21-10-4-3-5-11-21/h3-7,9-11,13-15,17H,2,8,12,16,18H2,1H3. The molecule has 0 N–H and O–H groups in total. The molecule has 7 heteroatoms. The van der Waals surface area contributed by atoms with Gasteiger partial charge in [0.25, 0.3) is 0 Å². The number of hydrogen-bond donors (Lipinski definition) is 0. The topological polar surface area (TPSA) is 55.3 Å². The van der Waals surface area contributed by atoms with Gasteiger partial charge in [-0.2, -0.15) is 0 Å². The summed E-state index contributed by atoms with van der Waals surface area (Å²) >= 11 is 3.28. The lowest BCUT2D eigenvalue weighted by atomic mass is 10.2. The normalized spacial score (nSPS) is 10.9. The van der Waals surface area contributed by atoms with Gasteiger partial charge < -0.3 is 4.74 Å². The first-order valence-corrected chi connectivity index (χ1v) is 12.4. The highest BCUT2D eigenvalue weighted by atomic mass is 32.2. The fraction of sp³-hybridized carbons (Fsp3) is 0.240. The van der Waals surface area contributed by atoms with E-state index in [1.807, 2.05) is 61.5 Å². The van der Waals surface area contributed by atoms with Crippen molar-refractivity contribution in [3.05, 3.63) is 78.6 Å². The van der Waals surface area contributed by atoms with Crippen molar-refractivity contribution in [1.82, 2.24) is 9.97 Å². The summed E-state index contributed by atoms with van der Waals surface area (Å²) in [5.74, 6) is 1.77. The Bertz CT molecular complexity index is 1150. The third kappa shape index (κ3) is 5.87. The number of ether oxygens (including phenoxy) is 1. The summed E-state index contributed by atoms with van der Waals surface area (Å²) in [7, 11) is 0. The quantitative estimate of drug-likeness (QED) is 0.207. The van der Waals surface area contributed by atoms with E-state index in [9.17, 15) is 4.79 Å². The van der Waals surface area contributed by atoms with Crippen LogP contribution in [0.15, 0.2) is 77.8 Å². The summed E-state index contributed by atoms with van der Waals surface area (Å²) in [5.41, 5.74) is 1.71. The number of nitrogens with zero attached hydrogens (tertiary/aromatic N) is 3. The molecule has 0 saturated carbocycles. The summed E-state index contributed by atoms with van der Waals surface area (Å²) in [6.07, 6.45) is 3.02. The van der Waals surface area contributed by atoms with Crippen LogP contribution in [0.2, 0.25) is 0 Å². The lowest BCUT2D eigenvalue weighted by Crippen LogP contribution is -2.30. The van der Waals surface area contributed by atoms with Crippen LogP contribution < -0.4 is 9.64 Å². The molecule has 0 saturated heterocycles. The zero-order chi connectivity index (χ0) is 22.2. The van der Waals surface area contributed by atoms with Gasteiger partial charge in [0.1, 0.15) is 5.75 Å². The molecule has 4 aromatic rings. The third-order valence-electron chi connectivity index (χ3n) is 4.78. The number of thiazole rings is 1. The number of benzene rings is 2. The van der Waals surface area contributed by atoms with E-state index in [4.69, 9.17) is 9.72 Å². The molecule has 0 aliphatic heterocycles. The number of carbonyl (C=O) groups is 1. The minimum Gasteiger partial charge on any atom is -0.494 e. The van der Waals surface area contributed by atoms with Crippen molar-refractivity contribution in [2.24, 2.45) is 0 Å². The summed E-state index contributed by atoms with van der Waals surface area (Å²) in [5, 5.41) is 0.694. The molecule has 0 atom stereocenters. The SMILES string of the molecule is CCOc1ccc2nc(N(Cc3ccccn3)C(=O)CCCSc3ccccc3)sc2c1. The number of amides is 1. The first kappa shape index (κ1) is 22.3. The highest BCUT2D eigenvalue weighted by Gasteiger charge is 2.20. The molecule has 0 bridgehead atoms. The Balaban J connectivity index is 1.49. The van der Waals surface area contributed by atoms with E-state index in [0.29, 0.717) is 24.7 Å². The molecule has 1 amide bonds. The third-order valence-corrected chi connectivity index (χ3v) is 6.92. The smallest absolute Gasteiger partial charge is 0.229 e. The second kappa shape index (κ2) is 11.1. The number of carbonyl (C=O) groups excluding carboxylic acids is 1. The molecular formula is C25H25N3O2S2. The van der Waals surface area contributed by atoms with Gasteiger partial charge in [0.15, 0.2) is 5.13 Å². The van der Waals surface area contributed by atoms with Gasteiger partial charge in [0.2, 0.25) is 5.91 Å².